The Balaban J connectivity index is 2.71. The van der Waals surface area contributed by atoms with Crippen molar-refractivity contribution in [3.8, 4) is 0 Å². The predicted molar refractivity (Wildman–Crippen MR) is 73.6 cm³/mol. The van der Waals surface area contributed by atoms with Crippen LogP contribution in [0.5, 0.6) is 0 Å². The molecule has 0 heterocycles. The number of hydrogen-bond acceptors (Lipinski definition) is 4. The van der Waals surface area contributed by atoms with Crippen LogP contribution in [0, 0.1) is 0 Å². The molecule has 0 aromatic rings. The van der Waals surface area contributed by atoms with Crippen LogP contribution in [-0.4, -0.2) is 48.2 Å². The fourth-order valence-electron chi connectivity index (χ4n) is 2.44. The highest BCUT2D eigenvalue weighted by Gasteiger charge is 2.40. The molecule has 1 aliphatic rings. The lowest BCUT2D eigenvalue weighted by Crippen LogP contribution is -2.59. The molecule has 0 aromatic carbocycles. The van der Waals surface area contributed by atoms with E-state index in [1.165, 1.54) is 12.8 Å². The van der Waals surface area contributed by atoms with Crippen molar-refractivity contribution in [3.05, 3.63) is 0 Å². The summed E-state index contributed by atoms with van der Waals surface area (Å²) in [4.78, 5) is 14.6. The Morgan fingerprint density at radius 1 is 1.44 bits per heavy atom. The highest BCUT2D eigenvalue weighted by atomic mass is 16.5. The zero-order valence-electron chi connectivity index (χ0n) is 12.5. The first-order valence-corrected chi connectivity index (χ1v) is 7.12. The number of rotatable bonds is 8. The van der Waals surface area contributed by atoms with Gasteiger partial charge in [-0.25, -0.2) is 0 Å². The summed E-state index contributed by atoms with van der Waals surface area (Å²) < 4.78 is 5.23. The molecular formula is C14H28N2O2. The molecule has 106 valence electrons. The molecule has 1 aliphatic carbocycles. The van der Waals surface area contributed by atoms with E-state index in [0.717, 1.165) is 13.1 Å². The molecule has 0 aromatic heterocycles. The number of nitrogens with one attached hydrogen (secondary N) is 1. The maximum atomic E-state index is 12.2. The minimum absolute atomic E-state index is 0.141. The summed E-state index contributed by atoms with van der Waals surface area (Å²) in [5, 5.41) is 3.37. The quantitative estimate of drug-likeness (QED) is 0.672. The van der Waals surface area contributed by atoms with Crippen molar-refractivity contribution in [1.82, 2.24) is 10.2 Å². The second-order valence-corrected chi connectivity index (χ2v) is 5.65. The van der Waals surface area contributed by atoms with Crippen LogP contribution in [0.1, 0.15) is 47.5 Å². The van der Waals surface area contributed by atoms with Gasteiger partial charge in [-0.05, 0) is 47.1 Å². The minimum atomic E-state index is -0.608. The summed E-state index contributed by atoms with van der Waals surface area (Å²) in [7, 11) is 0. The normalized spacial score (nSPS) is 19.1. The van der Waals surface area contributed by atoms with E-state index in [1.54, 1.807) is 0 Å². The molecule has 4 nitrogen and oxygen atoms in total. The smallest absolute Gasteiger partial charge is 0.327 e. The molecule has 1 N–H and O–H groups in total. The molecule has 0 spiro atoms. The minimum Gasteiger partial charge on any atom is -0.465 e. The first-order valence-electron chi connectivity index (χ1n) is 7.12. The van der Waals surface area contributed by atoms with Crippen molar-refractivity contribution in [2.75, 3.05) is 19.7 Å². The Labute approximate surface area is 111 Å². The van der Waals surface area contributed by atoms with E-state index in [1.807, 2.05) is 13.8 Å². The number of carbonyl (C=O) groups is 1. The van der Waals surface area contributed by atoms with Gasteiger partial charge in [0.1, 0.15) is 5.54 Å². The van der Waals surface area contributed by atoms with Crippen LogP contribution < -0.4 is 5.32 Å². The van der Waals surface area contributed by atoms with Crippen LogP contribution in [0.25, 0.3) is 0 Å². The fraction of sp³-hybridized carbons (Fsp3) is 0.929. The molecule has 0 aliphatic heterocycles. The first-order chi connectivity index (χ1) is 8.42. The highest BCUT2D eigenvalue weighted by Crippen LogP contribution is 2.28. The molecule has 1 atom stereocenters. The van der Waals surface area contributed by atoms with E-state index in [4.69, 9.17) is 4.74 Å². The van der Waals surface area contributed by atoms with E-state index in [9.17, 15) is 4.79 Å². The SMILES string of the molecule is CCOC(=O)C(C)(CN(CC)C1CC1)NC(C)C. The lowest BCUT2D eigenvalue weighted by molar-refractivity contribution is -0.151. The van der Waals surface area contributed by atoms with Crippen LogP contribution in [0.2, 0.25) is 0 Å². The van der Waals surface area contributed by atoms with Crippen LogP contribution in [0.15, 0.2) is 0 Å². The maximum absolute atomic E-state index is 12.2. The molecule has 1 rings (SSSR count). The molecular weight excluding hydrogens is 228 g/mol. The topological polar surface area (TPSA) is 41.6 Å². The number of nitrogens with zero attached hydrogens (tertiary/aromatic N) is 1. The Morgan fingerprint density at radius 3 is 2.44 bits per heavy atom. The molecule has 0 amide bonds. The number of esters is 1. The molecule has 1 fully saturated rings. The lowest BCUT2D eigenvalue weighted by atomic mass is 10.00. The predicted octanol–water partition coefficient (Wildman–Crippen LogP) is 1.79. The molecule has 18 heavy (non-hydrogen) atoms. The van der Waals surface area contributed by atoms with E-state index in [2.05, 4.69) is 31.0 Å². The highest BCUT2D eigenvalue weighted by molar-refractivity contribution is 5.80. The summed E-state index contributed by atoms with van der Waals surface area (Å²) in [5.74, 6) is -0.141. The summed E-state index contributed by atoms with van der Waals surface area (Å²) in [6.07, 6.45) is 2.52. The second-order valence-electron chi connectivity index (χ2n) is 5.65. The zero-order chi connectivity index (χ0) is 13.8. The van der Waals surface area contributed by atoms with Gasteiger partial charge in [-0.15, -0.1) is 0 Å². The molecule has 0 bridgehead atoms. The Kier molecular flexibility index (Phi) is 5.60. The summed E-state index contributed by atoms with van der Waals surface area (Å²) >= 11 is 0. The van der Waals surface area contributed by atoms with Crippen molar-refractivity contribution in [1.29, 1.82) is 0 Å². The summed E-state index contributed by atoms with van der Waals surface area (Å²) in [5.41, 5.74) is -0.608. The lowest BCUT2D eigenvalue weighted by Gasteiger charge is -2.35. The van der Waals surface area contributed by atoms with Gasteiger partial charge in [0.2, 0.25) is 0 Å². The molecule has 4 heteroatoms. The Morgan fingerprint density at radius 2 is 2.06 bits per heavy atom. The largest absolute Gasteiger partial charge is 0.465 e. The van der Waals surface area contributed by atoms with Gasteiger partial charge < -0.3 is 4.74 Å². The van der Waals surface area contributed by atoms with Crippen molar-refractivity contribution < 1.29 is 9.53 Å². The third-order valence-electron chi connectivity index (χ3n) is 3.32. The second kappa shape index (κ2) is 6.53. The van der Waals surface area contributed by atoms with Gasteiger partial charge in [0.15, 0.2) is 0 Å². The van der Waals surface area contributed by atoms with Gasteiger partial charge in [-0.1, -0.05) is 6.92 Å². The summed E-state index contributed by atoms with van der Waals surface area (Å²) in [6.45, 7) is 12.2. The molecule has 0 saturated heterocycles. The number of hydrogen-bond donors (Lipinski definition) is 1. The van der Waals surface area contributed by atoms with Crippen molar-refractivity contribution >= 4 is 5.97 Å². The third kappa shape index (κ3) is 4.25. The van der Waals surface area contributed by atoms with Crippen molar-refractivity contribution in [2.24, 2.45) is 0 Å². The molecule has 1 unspecified atom stereocenters. The van der Waals surface area contributed by atoms with E-state index in [-0.39, 0.29) is 12.0 Å². The van der Waals surface area contributed by atoms with E-state index in [0.29, 0.717) is 12.6 Å². The van der Waals surface area contributed by atoms with Gasteiger partial charge in [-0.3, -0.25) is 15.0 Å². The van der Waals surface area contributed by atoms with Crippen LogP contribution >= 0.6 is 0 Å². The summed E-state index contributed by atoms with van der Waals surface area (Å²) in [6, 6.07) is 0.926. The van der Waals surface area contributed by atoms with Gasteiger partial charge in [-0.2, -0.15) is 0 Å². The average Bonchev–Trinajstić information content (AvgIpc) is 3.09. The van der Waals surface area contributed by atoms with Gasteiger partial charge in [0, 0.05) is 18.6 Å². The first kappa shape index (κ1) is 15.4. The molecule has 0 radical (unpaired) electrons. The Hall–Kier alpha value is -0.610. The number of ether oxygens (including phenoxy) is 1. The fourth-order valence-corrected chi connectivity index (χ4v) is 2.44. The number of carbonyl (C=O) groups excluding carboxylic acids is 1. The van der Waals surface area contributed by atoms with Gasteiger partial charge in [0.25, 0.3) is 0 Å². The zero-order valence-corrected chi connectivity index (χ0v) is 12.5. The molecule has 1 saturated carbocycles. The van der Waals surface area contributed by atoms with Gasteiger partial charge >= 0.3 is 5.97 Å². The van der Waals surface area contributed by atoms with E-state index >= 15 is 0 Å². The van der Waals surface area contributed by atoms with Crippen molar-refractivity contribution in [3.63, 3.8) is 0 Å². The van der Waals surface area contributed by atoms with Crippen LogP contribution in [-0.2, 0) is 9.53 Å². The number of likely N-dealkylation sites (N-methyl/N-ethyl adjacent to an activating group) is 1. The Bertz CT molecular complexity index is 277. The van der Waals surface area contributed by atoms with Crippen molar-refractivity contribution in [2.45, 2.75) is 65.1 Å². The van der Waals surface area contributed by atoms with Gasteiger partial charge in [0.05, 0.1) is 6.61 Å². The average molecular weight is 256 g/mol. The third-order valence-corrected chi connectivity index (χ3v) is 3.32. The standard InChI is InChI=1S/C14H28N2O2/c1-6-16(12-8-9-12)10-14(5,15-11(3)4)13(17)18-7-2/h11-12,15H,6-10H2,1-5H3. The van der Waals surface area contributed by atoms with Crippen LogP contribution in [0.4, 0.5) is 0 Å². The van der Waals surface area contributed by atoms with Crippen LogP contribution in [0.3, 0.4) is 0 Å². The maximum Gasteiger partial charge on any atom is 0.327 e. The van der Waals surface area contributed by atoms with E-state index < -0.39 is 5.54 Å². The monoisotopic (exact) mass is 256 g/mol.